The summed E-state index contributed by atoms with van der Waals surface area (Å²) >= 11 is 0. The molecule has 2 heterocycles. The first kappa shape index (κ1) is 20.1. The van der Waals surface area contributed by atoms with Gasteiger partial charge in [-0.2, -0.15) is 5.10 Å². The van der Waals surface area contributed by atoms with Gasteiger partial charge in [0.15, 0.2) is 0 Å². The van der Waals surface area contributed by atoms with Crippen molar-refractivity contribution in [1.29, 1.82) is 0 Å². The molecule has 0 spiro atoms. The van der Waals surface area contributed by atoms with Crippen molar-refractivity contribution in [1.82, 2.24) is 15.0 Å². The van der Waals surface area contributed by atoms with E-state index in [-0.39, 0.29) is 6.04 Å². The molecule has 1 aromatic heterocycles. The van der Waals surface area contributed by atoms with Crippen molar-refractivity contribution in [3.8, 4) is 16.9 Å². The van der Waals surface area contributed by atoms with Crippen LogP contribution in [0.15, 0.2) is 127 Å². The molecule has 1 aliphatic heterocycles. The van der Waals surface area contributed by atoms with Gasteiger partial charge in [-0.3, -0.25) is 5.01 Å². The molecule has 1 atom stereocenters. The smallest absolute Gasteiger partial charge is 0.0944 e. The van der Waals surface area contributed by atoms with Gasteiger partial charge in [-0.25, -0.2) is 4.68 Å². The maximum absolute atomic E-state index is 5.03. The minimum Gasteiger partial charge on any atom is -0.257 e. The monoisotopic (exact) mass is 441 g/mol. The highest BCUT2D eigenvalue weighted by Gasteiger charge is 2.29. The Morgan fingerprint density at radius 3 is 1.91 bits per heavy atom. The van der Waals surface area contributed by atoms with E-state index >= 15 is 0 Å². The predicted octanol–water partition coefficient (Wildman–Crippen LogP) is 6.29. The summed E-state index contributed by atoms with van der Waals surface area (Å²) in [5.74, 6) is 0. The second-order valence-corrected chi connectivity index (χ2v) is 8.30. The Hall–Kier alpha value is -4.51. The van der Waals surface area contributed by atoms with E-state index in [1.54, 1.807) is 6.20 Å². The number of nitrogens with zero attached hydrogens (tertiary/aromatic N) is 5. The number of anilines is 1. The number of hydrazone groups is 1. The lowest BCUT2D eigenvalue weighted by molar-refractivity contribution is 0.708. The van der Waals surface area contributed by atoms with Crippen molar-refractivity contribution in [3.05, 3.63) is 133 Å². The molecule has 5 nitrogen and oxygen atoms in total. The van der Waals surface area contributed by atoms with E-state index in [0.717, 1.165) is 40.3 Å². The van der Waals surface area contributed by atoms with Crippen LogP contribution in [0.4, 0.5) is 5.69 Å². The van der Waals surface area contributed by atoms with E-state index in [1.165, 1.54) is 5.56 Å². The number of aromatic nitrogens is 3. The zero-order valence-electron chi connectivity index (χ0n) is 18.6. The Kier molecular flexibility index (Phi) is 5.20. The molecule has 1 unspecified atom stereocenters. The lowest BCUT2D eigenvalue weighted by Crippen LogP contribution is -2.18. The van der Waals surface area contributed by atoms with Gasteiger partial charge < -0.3 is 0 Å². The van der Waals surface area contributed by atoms with Gasteiger partial charge in [-0.1, -0.05) is 96.2 Å². The number of hydrogen-bond acceptors (Lipinski definition) is 4. The van der Waals surface area contributed by atoms with Gasteiger partial charge in [0, 0.05) is 12.0 Å². The summed E-state index contributed by atoms with van der Waals surface area (Å²) in [7, 11) is 0. The van der Waals surface area contributed by atoms with Crippen LogP contribution >= 0.6 is 0 Å². The summed E-state index contributed by atoms with van der Waals surface area (Å²) in [4.78, 5) is 0. The molecule has 164 valence electrons. The molecule has 0 fully saturated rings. The minimum atomic E-state index is 0.121. The molecule has 5 aromatic rings. The molecule has 0 saturated heterocycles. The largest absolute Gasteiger partial charge is 0.257 e. The first-order valence-corrected chi connectivity index (χ1v) is 11.4. The molecule has 4 aromatic carbocycles. The fraction of sp³-hybridized carbons (Fsp3) is 0.0690. The third-order valence-corrected chi connectivity index (χ3v) is 6.18. The Morgan fingerprint density at radius 1 is 0.618 bits per heavy atom. The lowest BCUT2D eigenvalue weighted by atomic mass is 9.98. The lowest BCUT2D eigenvalue weighted by Gasteiger charge is -2.24. The highest BCUT2D eigenvalue weighted by atomic mass is 15.5. The quantitative estimate of drug-likeness (QED) is 0.322. The number of para-hydroxylation sites is 1. The third kappa shape index (κ3) is 3.77. The predicted molar refractivity (Wildman–Crippen MR) is 136 cm³/mol. The molecule has 1 aliphatic rings. The van der Waals surface area contributed by atoms with E-state index in [9.17, 15) is 0 Å². The summed E-state index contributed by atoms with van der Waals surface area (Å²) in [5.41, 5.74) is 7.60. The fourth-order valence-corrected chi connectivity index (χ4v) is 4.46. The van der Waals surface area contributed by atoms with Crippen LogP contribution in [0.5, 0.6) is 0 Å². The molecule has 0 N–H and O–H groups in total. The molecule has 34 heavy (non-hydrogen) atoms. The molecule has 6 rings (SSSR count). The second kappa shape index (κ2) is 8.79. The van der Waals surface area contributed by atoms with E-state index in [0.29, 0.717) is 0 Å². The van der Waals surface area contributed by atoms with Gasteiger partial charge in [0.25, 0.3) is 0 Å². The topological polar surface area (TPSA) is 46.3 Å². The molecule has 0 amide bonds. The van der Waals surface area contributed by atoms with Crippen LogP contribution in [0.25, 0.3) is 16.9 Å². The number of rotatable bonds is 5. The average molecular weight is 442 g/mol. The Balaban J connectivity index is 1.33. The molecule has 0 radical (unpaired) electrons. The molecule has 0 aliphatic carbocycles. The molecule has 0 bridgehead atoms. The summed E-state index contributed by atoms with van der Waals surface area (Å²) < 4.78 is 1.88. The average Bonchev–Trinajstić information content (AvgIpc) is 3.59. The number of hydrogen-bond donors (Lipinski definition) is 0. The van der Waals surface area contributed by atoms with Crippen molar-refractivity contribution in [2.75, 3.05) is 5.01 Å². The standard InChI is InChI=1S/C29H23N5/c1-4-10-22(11-5-1)27-20-28(33(31-27)25-14-8-3-9-15-25)24-16-18-26(19-17-24)34-29(21-30-32-34)23-12-6-2-7-13-23/h1-19,21,28H,20H2. The summed E-state index contributed by atoms with van der Waals surface area (Å²) in [6.45, 7) is 0. The molecule has 5 heteroatoms. The van der Waals surface area contributed by atoms with Crippen molar-refractivity contribution in [2.45, 2.75) is 12.5 Å². The second-order valence-electron chi connectivity index (χ2n) is 8.30. The SMILES string of the molecule is c1ccc(C2=NN(c3ccccc3)C(c3ccc(-n4nncc4-c4ccccc4)cc3)C2)cc1. The van der Waals surface area contributed by atoms with Crippen molar-refractivity contribution in [3.63, 3.8) is 0 Å². The van der Waals surface area contributed by atoms with Crippen molar-refractivity contribution < 1.29 is 0 Å². The van der Waals surface area contributed by atoms with Crippen LogP contribution < -0.4 is 5.01 Å². The number of benzene rings is 4. The normalized spacial score (nSPS) is 15.4. The highest BCUT2D eigenvalue weighted by Crippen LogP contribution is 2.37. The van der Waals surface area contributed by atoms with E-state index in [4.69, 9.17) is 5.10 Å². The van der Waals surface area contributed by atoms with Crippen LogP contribution in [0.1, 0.15) is 23.6 Å². The van der Waals surface area contributed by atoms with E-state index in [2.05, 4.69) is 100 Å². The van der Waals surface area contributed by atoms with Gasteiger partial charge in [-0.15, -0.1) is 5.10 Å². The fourth-order valence-electron chi connectivity index (χ4n) is 4.46. The van der Waals surface area contributed by atoms with Gasteiger partial charge in [0.1, 0.15) is 0 Å². The van der Waals surface area contributed by atoms with Crippen LogP contribution in [-0.2, 0) is 0 Å². The Morgan fingerprint density at radius 2 is 1.24 bits per heavy atom. The van der Waals surface area contributed by atoms with Crippen LogP contribution in [0.3, 0.4) is 0 Å². The van der Waals surface area contributed by atoms with Gasteiger partial charge in [0.2, 0.25) is 0 Å². The van der Waals surface area contributed by atoms with Gasteiger partial charge in [-0.05, 0) is 35.4 Å². The van der Waals surface area contributed by atoms with E-state index < -0.39 is 0 Å². The van der Waals surface area contributed by atoms with Gasteiger partial charge in [0.05, 0.1) is 35.0 Å². The van der Waals surface area contributed by atoms with Crippen LogP contribution in [0.2, 0.25) is 0 Å². The van der Waals surface area contributed by atoms with Gasteiger partial charge >= 0.3 is 0 Å². The minimum absolute atomic E-state index is 0.121. The van der Waals surface area contributed by atoms with Crippen molar-refractivity contribution >= 4 is 11.4 Å². The third-order valence-electron chi connectivity index (χ3n) is 6.18. The summed E-state index contributed by atoms with van der Waals surface area (Å²) in [5, 5.41) is 15.7. The summed E-state index contributed by atoms with van der Waals surface area (Å²) in [6.07, 6.45) is 2.65. The van der Waals surface area contributed by atoms with Crippen molar-refractivity contribution in [2.24, 2.45) is 5.10 Å². The highest BCUT2D eigenvalue weighted by molar-refractivity contribution is 6.03. The maximum atomic E-state index is 5.03. The zero-order valence-corrected chi connectivity index (χ0v) is 18.6. The summed E-state index contributed by atoms with van der Waals surface area (Å²) in [6, 6.07) is 39.7. The van der Waals surface area contributed by atoms with E-state index in [1.807, 2.05) is 35.0 Å². The molecular weight excluding hydrogens is 418 g/mol. The Bertz CT molecular complexity index is 1410. The maximum Gasteiger partial charge on any atom is 0.0944 e. The molecule has 0 saturated carbocycles. The van der Waals surface area contributed by atoms with Crippen LogP contribution in [0, 0.1) is 0 Å². The first-order chi connectivity index (χ1) is 16.9. The first-order valence-electron chi connectivity index (χ1n) is 11.4. The van der Waals surface area contributed by atoms with Crippen LogP contribution in [-0.4, -0.2) is 20.7 Å². The Labute approximate surface area is 198 Å². The molecular formula is C29H23N5. The zero-order chi connectivity index (χ0) is 22.7.